The average molecular weight is 390 g/mol. The molecule has 2 N–H and O–H groups in total. The van der Waals surface area contributed by atoms with Crippen LogP contribution in [-0.4, -0.2) is 46.1 Å². The van der Waals surface area contributed by atoms with E-state index in [0.717, 1.165) is 17.3 Å². The first-order valence-corrected chi connectivity index (χ1v) is 8.31. The standard InChI is InChI=1S/C17H22N6O5/c1-9-6-19-12(10(2)14(9)27-4)8-22(11(3)16(24)28-5)15-13(23(25)26)7-20-17(18)21-15/h6-7,11H,8H2,1-5H3,(H2,18,20,21)/t11-/m1/s1. The van der Waals surface area contributed by atoms with Crippen LogP contribution in [-0.2, 0) is 16.1 Å². The van der Waals surface area contributed by atoms with Gasteiger partial charge in [-0.15, -0.1) is 0 Å². The maximum Gasteiger partial charge on any atom is 0.329 e. The third-order valence-electron chi connectivity index (χ3n) is 4.32. The summed E-state index contributed by atoms with van der Waals surface area (Å²) in [7, 11) is 2.78. The molecule has 11 heteroatoms. The number of nitrogens with two attached hydrogens (primary N) is 1. The van der Waals surface area contributed by atoms with Gasteiger partial charge in [0, 0.05) is 17.3 Å². The lowest BCUT2D eigenvalue weighted by molar-refractivity contribution is -0.384. The van der Waals surface area contributed by atoms with E-state index in [1.807, 2.05) is 13.8 Å². The molecule has 0 amide bonds. The highest BCUT2D eigenvalue weighted by Gasteiger charge is 2.31. The van der Waals surface area contributed by atoms with Gasteiger partial charge in [-0.2, -0.15) is 4.98 Å². The van der Waals surface area contributed by atoms with Crippen LogP contribution < -0.4 is 15.4 Å². The van der Waals surface area contributed by atoms with Gasteiger partial charge >= 0.3 is 11.7 Å². The van der Waals surface area contributed by atoms with Crippen molar-refractivity contribution in [1.82, 2.24) is 15.0 Å². The summed E-state index contributed by atoms with van der Waals surface area (Å²) in [5, 5.41) is 11.5. The number of nitro groups is 1. The SMILES string of the molecule is COC(=O)[C@@H](C)N(Cc1ncc(C)c(OC)c1C)c1nc(N)ncc1[N+](=O)[O-]. The number of ether oxygens (including phenoxy) is 2. The topological polar surface area (TPSA) is 147 Å². The molecule has 2 rings (SSSR count). The Labute approximate surface area is 161 Å². The van der Waals surface area contributed by atoms with Gasteiger partial charge in [0.1, 0.15) is 18.0 Å². The molecule has 0 unspecified atom stereocenters. The van der Waals surface area contributed by atoms with Gasteiger partial charge in [0.25, 0.3) is 0 Å². The lowest BCUT2D eigenvalue weighted by Gasteiger charge is -2.28. The van der Waals surface area contributed by atoms with Gasteiger partial charge in [0.2, 0.25) is 11.8 Å². The molecule has 2 heterocycles. The van der Waals surface area contributed by atoms with Crippen molar-refractivity contribution in [3.63, 3.8) is 0 Å². The number of rotatable bonds is 7. The largest absolute Gasteiger partial charge is 0.496 e. The van der Waals surface area contributed by atoms with Crippen molar-refractivity contribution in [3.8, 4) is 5.75 Å². The van der Waals surface area contributed by atoms with E-state index in [-0.39, 0.29) is 24.0 Å². The number of pyridine rings is 1. The highest BCUT2D eigenvalue weighted by atomic mass is 16.6. The molecule has 0 aliphatic heterocycles. The first-order chi connectivity index (χ1) is 13.2. The minimum atomic E-state index is -0.897. The summed E-state index contributed by atoms with van der Waals surface area (Å²) in [5.41, 5.74) is 7.40. The van der Waals surface area contributed by atoms with E-state index in [1.54, 1.807) is 20.2 Å². The van der Waals surface area contributed by atoms with Crippen molar-refractivity contribution in [3.05, 3.63) is 39.3 Å². The number of hydrogen-bond donors (Lipinski definition) is 1. The van der Waals surface area contributed by atoms with E-state index in [9.17, 15) is 14.9 Å². The fourth-order valence-electron chi connectivity index (χ4n) is 2.80. The van der Waals surface area contributed by atoms with Crippen molar-refractivity contribution in [2.24, 2.45) is 0 Å². The Bertz CT molecular complexity index is 904. The summed E-state index contributed by atoms with van der Waals surface area (Å²) < 4.78 is 10.2. The fraction of sp³-hybridized carbons (Fsp3) is 0.412. The molecule has 150 valence electrons. The average Bonchev–Trinajstić information content (AvgIpc) is 2.66. The Hall–Kier alpha value is -3.50. The number of esters is 1. The Kier molecular flexibility index (Phi) is 6.29. The predicted octanol–water partition coefficient (Wildman–Crippen LogP) is 1.56. The van der Waals surface area contributed by atoms with E-state index >= 15 is 0 Å². The number of anilines is 2. The van der Waals surface area contributed by atoms with Crippen LogP contribution >= 0.6 is 0 Å². The second-order valence-corrected chi connectivity index (χ2v) is 6.07. The summed E-state index contributed by atoms with van der Waals surface area (Å²) in [4.78, 5) is 36.5. The van der Waals surface area contributed by atoms with Crippen LogP contribution in [0.1, 0.15) is 23.7 Å². The van der Waals surface area contributed by atoms with Gasteiger partial charge in [0.05, 0.1) is 31.4 Å². The quantitative estimate of drug-likeness (QED) is 0.419. The second kappa shape index (κ2) is 8.46. The third-order valence-corrected chi connectivity index (χ3v) is 4.32. The molecular formula is C17H22N6O5. The molecule has 0 fully saturated rings. The number of nitrogen functional groups attached to an aromatic ring is 1. The van der Waals surface area contributed by atoms with Gasteiger partial charge in [-0.25, -0.2) is 9.78 Å². The van der Waals surface area contributed by atoms with Crippen LogP contribution in [0.3, 0.4) is 0 Å². The number of carbonyl (C=O) groups excluding carboxylic acids is 1. The van der Waals surface area contributed by atoms with Gasteiger partial charge in [-0.1, -0.05) is 0 Å². The van der Waals surface area contributed by atoms with Crippen LogP contribution in [0.5, 0.6) is 5.75 Å². The Morgan fingerprint density at radius 3 is 2.57 bits per heavy atom. The zero-order chi connectivity index (χ0) is 21.0. The van der Waals surface area contributed by atoms with Crippen molar-refractivity contribution >= 4 is 23.4 Å². The number of nitrogens with zero attached hydrogens (tertiary/aromatic N) is 5. The molecule has 0 radical (unpaired) electrons. The smallest absolute Gasteiger partial charge is 0.329 e. The Morgan fingerprint density at radius 2 is 2.00 bits per heavy atom. The molecule has 0 bridgehead atoms. The molecule has 0 saturated heterocycles. The van der Waals surface area contributed by atoms with Gasteiger partial charge in [-0.05, 0) is 20.8 Å². The summed E-state index contributed by atoms with van der Waals surface area (Å²) in [5.74, 6) is -0.208. The number of aromatic nitrogens is 3. The van der Waals surface area contributed by atoms with E-state index in [2.05, 4.69) is 15.0 Å². The van der Waals surface area contributed by atoms with Crippen LogP contribution in [0, 0.1) is 24.0 Å². The first-order valence-electron chi connectivity index (χ1n) is 8.31. The summed E-state index contributed by atoms with van der Waals surface area (Å²) in [6.07, 6.45) is 2.63. The van der Waals surface area contributed by atoms with Gasteiger partial charge in [-0.3, -0.25) is 15.1 Å². The maximum atomic E-state index is 12.2. The molecule has 1 atom stereocenters. The van der Waals surface area contributed by atoms with Crippen molar-refractivity contribution in [1.29, 1.82) is 0 Å². The summed E-state index contributed by atoms with van der Waals surface area (Å²) in [6.45, 7) is 5.26. The van der Waals surface area contributed by atoms with E-state index < -0.39 is 16.9 Å². The zero-order valence-electron chi connectivity index (χ0n) is 16.3. The molecule has 0 aliphatic rings. The third kappa shape index (κ3) is 4.08. The maximum absolute atomic E-state index is 12.2. The highest BCUT2D eigenvalue weighted by molar-refractivity contribution is 5.80. The fourth-order valence-corrected chi connectivity index (χ4v) is 2.80. The van der Waals surface area contributed by atoms with E-state index in [4.69, 9.17) is 15.2 Å². The lowest BCUT2D eigenvalue weighted by atomic mass is 10.1. The predicted molar refractivity (Wildman–Crippen MR) is 101 cm³/mol. The molecule has 0 aromatic carbocycles. The molecule has 2 aromatic heterocycles. The molecule has 28 heavy (non-hydrogen) atoms. The van der Waals surface area contributed by atoms with Crippen LogP contribution in [0.25, 0.3) is 0 Å². The van der Waals surface area contributed by atoms with Crippen LogP contribution in [0.4, 0.5) is 17.5 Å². The zero-order valence-corrected chi connectivity index (χ0v) is 16.3. The molecular weight excluding hydrogens is 368 g/mol. The van der Waals surface area contributed by atoms with Crippen molar-refractivity contribution < 1.29 is 19.2 Å². The summed E-state index contributed by atoms with van der Waals surface area (Å²) in [6, 6.07) is -0.897. The minimum Gasteiger partial charge on any atom is -0.496 e. The van der Waals surface area contributed by atoms with Crippen molar-refractivity contribution in [2.45, 2.75) is 33.4 Å². The Balaban J connectivity index is 2.62. The van der Waals surface area contributed by atoms with Gasteiger partial charge < -0.3 is 20.1 Å². The van der Waals surface area contributed by atoms with E-state index in [0.29, 0.717) is 11.4 Å². The molecule has 0 spiro atoms. The number of methoxy groups -OCH3 is 2. The second-order valence-electron chi connectivity index (χ2n) is 6.07. The van der Waals surface area contributed by atoms with Crippen LogP contribution in [0.2, 0.25) is 0 Å². The number of aryl methyl sites for hydroxylation is 1. The highest BCUT2D eigenvalue weighted by Crippen LogP contribution is 2.31. The first kappa shape index (κ1) is 20.8. The molecule has 11 nitrogen and oxygen atoms in total. The van der Waals surface area contributed by atoms with Gasteiger partial charge in [0.15, 0.2) is 0 Å². The monoisotopic (exact) mass is 390 g/mol. The Morgan fingerprint density at radius 1 is 1.32 bits per heavy atom. The number of carbonyl (C=O) groups is 1. The van der Waals surface area contributed by atoms with E-state index in [1.165, 1.54) is 12.0 Å². The minimum absolute atomic E-state index is 0.0377. The van der Waals surface area contributed by atoms with Crippen LogP contribution in [0.15, 0.2) is 12.4 Å². The molecule has 0 saturated carbocycles. The molecule has 2 aromatic rings. The van der Waals surface area contributed by atoms with Crippen molar-refractivity contribution in [2.75, 3.05) is 24.9 Å². The lowest BCUT2D eigenvalue weighted by Crippen LogP contribution is -2.40. The molecule has 0 aliphatic carbocycles. The summed E-state index contributed by atoms with van der Waals surface area (Å²) >= 11 is 0. The number of hydrogen-bond acceptors (Lipinski definition) is 10. The normalized spacial score (nSPS) is 11.6.